The van der Waals surface area contributed by atoms with Gasteiger partial charge in [0.25, 0.3) is 11.8 Å². The van der Waals surface area contributed by atoms with Crippen molar-refractivity contribution in [1.29, 1.82) is 0 Å². The van der Waals surface area contributed by atoms with Gasteiger partial charge >= 0.3 is 0 Å². The molecule has 0 unspecified atom stereocenters. The SMILES string of the molecule is Cl.O=C(CCCN1C(=O)c2cccc3cccc(c23)C1=O)N1CCCNCC1. The van der Waals surface area contributed by atoms with E-state index in [-0.39, 0.29) is 36.7 Å². The predicted molar refractivity (Wildman–Crippen MR) is 110 cm³/mol. The lowest BCUT2D eigenvalue weighted by Gasteiger charge is -2.27. The number of hydrogen-bond acceptors (Lipinski definition) is 4. The third-order valence-electron chi connectivity index (χ3n) is 5.32. The molecule has 1 N–H and O–H groups in total. The minimum absolute atomic E-state index is 0. The van der Waals surface area contributed by atoms with Gasteiger partial charge in [-0.05, 0) is 36.9 Å². The Bertz CT molecular complexity index is 856. The molecule has 2 aliphatic heterocycles. The van der Waals surface area contributed by atoms with Crippen LogP contribution in [-0.2, 0) is 4.79 Å². The molecule has 0 spiro atoms. The smallest absolute Gasteiger partial charge is 0.261 e. The normalized spacial score (nSPS) is 16.7. The third kappa shape index (κ3) is 3.75. The van der Waals surface area contributed by atoms with E-state index in [4.69, 9.17) is 0 Å². The van der Waals surface area contributed by atoms with Gasteiger partial charge in [-0.1, -0.05) is 24.3 Å². The van der Waals surface area contributed by atoms with Crippen molar-refractivity contribution in [2.75, 3.05) is 32.7 Å². The van der Waals surface area contributed by atoms with Crippen LogP contribution in [0, 0.1) is 0 Å². The maximum atomic E-state index is 12.8. The zero-order valence-corrected chi connectivity index (χ0v) is 16.5. The molecule has 3 amide bonds. The highest BCUT2D eigenvalue weighted by Gasteiger charge is 2.32. The summed E-state index contributed by atoms with van der Waals surface area (Å²) in [4.78, 5) is 41.3. The number of halogens is 1. The van der Waals surface area contributed by atoms with E-state index < -0.39 is 0 Å². The Kier molecular flexibility index (Phi) is 6.31. The average molecular weight is 402 g/mol. The van der Waals surface area contributed by atoms with E-state index in [2.05, 4.69) is 5.32 Å². The molecule has 0 bridgehead atoms. The van der Waals surface area contributed by atoms with E-state index in [1.165, 1.54) is 4.90 Å². The molecule has 7 heteroatoms. The Labute approximate surface area is 170 Å². The van der Waals surface area contributed by atoms with Gasteiger partial charge in [0.05, 0.1) is 0 Å². The van der Waals surface area contributed by atoms with Gasteiger partial charge in [0.15, 0.2) is 0 Å². The maximum absolute atomic E-state index is 12.8. The topological polar surface area (TPSA) is 69.7 Å². The fraction of sp³-hybridized carbons (Fsp3) is 0.381. The first-order chi connectivity index (χ1) is 13.2. The predicted octanol–water partition coefficient (Wildman–Crippen LogP) is 2.46. The minimum atomic E-state index is -0.268. The fourth-order valence-corrected chi connectivity index (χ4v) is 3.93. The molecule has 148 valence electrons. The number of carbonyl (C=O) groups is 3. The first-order valence-electron chi connectivity index (χ1n) is 9.53. The Morgan fingerprint density at radius 2 is 1.64 bits per heavy atom. The summed E-state index contributed by atoms with van der Waals surface area (Å²) in [5, 5.41) is 4.91. The lowest BCUT2D eigenvalue weighted by atomic mass is 9.94. The molecule has 1 fully saturated rings. The Morgan fingerprint density at radius 1 is 0.964 bits per heavy atom. The monoisotopic (exact) mass is 401 g/mol. The maximum Gasteiger partial charge on any atom is 0.261 e. The van der Waals surface area contributed by atoms with E-state index in [9.17, 15) is 14.4 Å². The summed E-state index contributed by atoms with van der Waals surface area (Å²) in [5.74, 6) is -0.440. The standard InChI is InChI=1S/C21H23N3O3.ClH/c25-18(23-12-4-10-22-11-14-23)9-3-13-24-20(26)16-7-1-5-15-6-2-8-17(19(15)16)21(24)27;/h1-2,5-8,22H,3-4,9-14H2;1H. The summed E-state index contributed by atoms with van der Waals surface area (Å²) in [6, 6.07) is 11.0. The second-order valence-electron chi connectivity index (χ2n) is 7.06. The summed E-state index contributed by atoms with van der Waals surface area (Å²) >= 11 is 0. The van der Waals surface area contributed by atoms with Crippen molar-refractivity contribution in [1.82, 2.24) is 15.1 Å². The Balaban J connectivity index is 0.00000225. The first-order valence-corrected chi connectivity index (χ1v) is 9.53. The summed E-state index contributed by atoms with van der Waals surface area (Å²) in [6.45, 7) is 3.50. The molecular weight excluding hydrogens is 378 g/mol. The van der Waals surface area contributed by atoms with Crippen LogP contribution < -0.4 is 5.32 Å². The van der Waals surface area contributed by atoms with Crippen molar-refractivity contribution in [3.63, 3.8) is 0 Å². The number of amides is 3. The Hall–Kier alpha value is -2.44. The number of benzene rings is 2. The molecule has 0 atom stereocenters. The second-order valence-corrected chi connectivity index (χ2v) is 7.06. The van der Waals surface area contributed by atoms with E-state index in [0.717, 1.165) is 43.4 Å². The molecule has 2 aromatic carbocycles. The highest BCUT2D eigenvalue weighted by atomic mass is 35.5. The first kappa shape index (κ1) is 20.3. The molecule has 4 rings (SSSR count). The summed E-state index contributed by atoms with van der Waals surface area (Å²) in [7, 11) is 0. The van der Waals surface area contributed by atoms with Gasteiger partial charge in [0.2, 0.25) is 5.91 Å². The number of rotatable bonds is 4. The van der Waals surface area contributed by atoms with Crippen molar-refractivity contribution < 1.29 is 14.4 Å². The van der Waals surface area contributed by atoms with Crippen LogP contribution in [0.5, 0.6) is 0 Å². The van der Waals surface area contributed by atoms with E-state index in [0.29, 0.717) is 24.0 Å². The molecular formula is C21H24ClN3O3. The van der Waals surface area contributed by atoms with Crippen LogP contribution in [0.2, 0.25) is 0 Å². The molecule has 0 aliphatic carbocycles. The van der Waals surface area contributed by atoms with Gasteiger partial charge in [-0.15, -0.1) is 12.4 Å². The largest absolute Gasteiger partial charge is 0.341 e. The van der Waals surface area contributed by atoms with Crippen molar-refractivity contribution in [3.8, 4) is 0 Å². The van der Waals surface area contributed by atoms with Crippen molar-refractivity contribution in [2.45, 2.75) is 19.3 Å². The van der Waals surface area contributed by atoms with Crippen LogP contribution >= 0.6 is 12.4 Å². The summed E-state index contributed by atoms with van der Waals surface area (Å²) in [6.07, 6.45) is 1.79. The summed E-state index contributed by atoms with van der Waals surface area (Å²) in [5.41, 5.74) is 1.13. The Morgan fingerprint density at radius 3 is 2.32 bits per heavy atom. The number of hydrogen-bond donors (Lipinski definition) is 1. The van der Waals surface area contributed by atoms with Gasteiger partial charge in [0, 0.05) is 49.1 Å². The van der Waals surface area contributed by atoms with Crippen LogP contribution in [-0.4, -0.2) is 60.2 Å². The molecule has 0 saturated carbocycles. The van der Waals surface area contributed by atoms with Crippen LogP contribution in [0.4, 0.5) is 0 Å². The van der Waals surface area contributed by atoms with Crippen LogP contribution in [0.1, 0.15) is 40.0 Å². The molecule has 2 aromatic rings. The van der Waals surface area contributed by atoms with Crippen LogP contribution in [0.3, 0.4) is 0 Å². The zero-order valence-electron chi connectivity index (χ0n) is 15.6. The fourth-order valence-electron chi connectivity index (χ4n) is 3.93. The lowest BCUT2D eigenvalue weighted by Crippen LogP contribution is -2.41. The van der Waals surface area contributed by atoms with Crippen LogP contribution in [0.25, 0.3) is 10.8 Å². The zero-order chi connectivity index (χ0) is 18.8. The lowest BCUT2D eigenvalue weighted by molar-refractivity contribution is -0.131. The van der Waals surface area contributed by atoms with E-state index in [1.807, 2.05) is 29.2 Å². The van der Waals surface area contributed by atoms with Gasteiger partial charge < -0.3 is 10.2 Å². The van der Waals surface area contributed by atoms with Gasteiger partial charge in [-0.2, -0.15) is 0 Å². The van der Waals surface area contributed by atoms with Crippen molar-refractivity contribution >= 4 is 40.9 Å². The van der Waals surface area contributed by atoms with Crippen LogP contribution in [0.15, 0.2) is 36.4 Å². The van der Waals surface area contributed by atoms with Gasteiger partial charge in [0.1, 0.15) is 0 Å². The third-order valence-corrected chi connectivity index (χ3v) is 5.32. The molecule has 28 heavy (non-hydrogen) atoms. The average Bonchev–Trinajstić information content (AvgIpc) is 2.98. The molecule has 6 nitrogen and oxygen atoms in total. The number of imide groups is 1. The highest BCUT2D eigenvalue weighted by molar-refractivity contribution is 6.25. The minimum Gasteiger partial charge on any atom is -0.341 e. The van der Waals surface area contributed by atoms with E-state index in [1.54, 1.807) is 12.1 Å². The van der Waals surface area contributed by atoms with Crippen molar-refractivity contribution in [2.24, 2.45) is 0 Å². The number of carbonyl (C=O) groups excluding carboxylic acids is 3. The molecule has 0 aromatic heterocycles. The second kappa shape index (κ2) is 8.71. The molecule has 0 radical (unpaired) electrons. The van der Waals surface area contributed by atoms with Gasteiger partial charge in [-0.25, -0.2) is 0 Å². The van der Waals surface area contributed by atoms with E-state index >= 15 is 0 Å². The number of nitrogens with zero attached hydrogens (tertiary/aromatic N) is 2. The molecule has 1 saturated heterocycles. The molecule has 2 aliphatic rings. The molecule has 2 heterocycles. The van der Waals surface area contributed by atoms with Crippen molar-refractivity contribution in [3.05, 3.63) is 47.5 Å². The van der Waals surface area contributed by atoms with Gasteiger partial charge in [-0.3, -0.25) is 19.3 Å². The highest BCUT2D eigenvalue weighted by Crippen LogP contribution is 2.30. The summed E-state index contributed by atoms with van der Waals surface area (Å²) < 4.78 is 0. The quantitative estimate of drug-likeness (QED) is 0.799. The number of nitrogens with one attached hydrogen (secondary N) is 1.